The average Bonchev–Trinajstić information content (AvgIpc) is 2.61. The van der Waals surface area contributed by atoms with E-state index in [0.717, 1.165) is 10.4 Å². The summed E-state index contributed by atoms with van der Waals surface area (Å²) in [6.07, 6.45) is -5.13. The van der Waals surface area contributed by atoms with E-state index in [0.29, 0.717) is 16.0 Å². The normalized spacial score (nSPS) is 13.8. The predicted octanol–water partition coefficient (Wildman–Crippen LogP) is 3.03. The Hall–Kier alpha value is -1.41. The van der Waals surface area contributed by atoms with Gasteiger partial charge in [-0.1, -0.05) is 0 Å². The van der Waals surface area contributed by atoms with Crippen molar-refractivity contribution in [3.63, 3.8) is 0 Å². The van der Waals surface area contributed by atoms with Gasteiger partial charge >= 0.3 is 6.18 Å². The third-order valence-electron chi connectivity index (χ3n) is 3.24. The maximum Gasteiger partial charge on any atom is 0.390 e. The van der Waals surface area contributed by atoms with Gasteiger partial charge < -0.3 is 10.3 Å². The first-order valence-electron chi connectivity index (χ1n) is 6.46. The molecule has 2 rings (SSSR count). The Bertz CT molecular complexity index is 705. The summed E-state index contributed by atoms with van der Waals surface area (Å²) in [6.45, 7) is 5.31. The molecule has 2 aromatic heterocycles. The number of hydrogen-bond acceptors (Lipinski definition) is 4. The van der Waals surface area contributed by atoms with Crippen LogP contribution in [0.25, 0.3) is 10.2 Å². The van der Waals surface area contributed by atoms with Crippen LogP contribution >= 0.6 is 11.3 Å². The van der Waals surface area contributed by atoms with Gasteiger partial charge in [-0.05, 0) is 26.3 Å². The van der Waals surface area contributed by atoms with Crippen molar-refractivity contribution in [2.75, 3.05) is 0 Å². The fourth-order valence-electron chi connectivity index (χ4n) is 2.07. The third-order valence-corrected chi connectivity index (χ3v) is 4.34. The fraction of sp³-hybridized carbons (Fsp3) is 0.538. The maximum atomic E-state index is 12.2. The molecule has 1 unspecified atom stereocenters. The van der Waals surface area contributed by atoms with Crippen LogP contribution in [0.15, 0.2) is 4.79 Å². The molecule has 2 N–H and O–H groups in total. The smallest absolute Gasteiger partial charge is 0.309 e. The number of fused-ring (bicyclic) bond motifs is 1. The second kappa shape index (κ2) is 5.76. The van der Waals surface area contributed by atoms with Crippen molar-refractivity contribution >= 4 is 21.6 Å². The van der Waals surface area contributed by atoms with Gasteiger partial charge in [0.25, 0.3) is 5.56 Å². The lowest BCUT2D eigenvalue weighted by molar-refractivity contribution is -0.139. The quantitative estimate of drug-likeness (QED) is 0.911. The number of thiophene rings is 1. The van der Waals surface area contributed by atoms with E-state index < -0.39 is 18.6 Å². The first-order valence-corrected chi connectivity index (χ1v) is 7.28. The maximum absolute atomic E-state index is 12.2. The van der Waals surface area contributed by atoms with Crippen LogP contribution in [0.2, 0.25) is 0 Å². The highest BCUT2D eigenvalue weighted by Crippen LogP contribution is 2.25. The summed E-state index contributed by atoms with van der Waals surface area (Å²) in [4.78, 5) is 20.6. The van der Waals surface area contributed by atoms with Crippen LogP contribution < -0.4 is 10.9 Å². The number of aryl methyl sites for hydroxylation is 2. The molecule has 2 heterocycles. The van der Waals surface area contributed by atoms with E-state index >= 15 is 0 Å². The Kier molecular flexibility index (Phi) is 4.38. The van der Waals surface area contributed by atoms with Crippen LogP contribution in [0.4, 0.5) is 13.2 Å². The first kappa shape index (κ1) is 16.0. The Morgan fingerprint density at radius 3 is 2.67 bits per heavy atom. The summed E-state index contributed by atoms with van der Waals surface area (Å²) >= 11 is 1.41. The third kappa shape index (κ3) is 3.82. The molecule has 0 bridgehead atoms. The lowest BCUT2D eigenvalue weighted by Crippen LogP contribution is -2.31. The molecule has 8 heteroatoms. The van der Waals surface area contributed by atoms with Crippen LogP contribution in [0.3, 0.4) is 0 Å². The summed E-state index contributed by atoms with van der Waals surface area (Å²) in [6, 6.07) is -0.738. The molecule has 0 aliphatic carbocycles. The minimum absolute atomic E-state index is 0.0957. The van der Waals surface area contributed by atoms with E-state index in [1.807, 2.05) is 13.8 Å². The van der Waals surface area contributed by atoms with Crippen molar-refractivity contribution in [2.24, 2.45) is 0 Å². The van der Waals surface area contributed by atoms with Gasteiger partial charge in [0.15, 0.2) is 0 Å². The zero-order valence-corrected chi connectivity index (χ0v) is 12.7. The SMILES string of the molecule is Cc1sc2nc(CNC(C)CC(F)(F)F)[nH]c(=O)c2c1C. The number of nitrogens with zero attached hydrogens (tertiary/aromatic N) is 1. The molecule has 0 saturated heterocycles. The Morgan fingerprint density at radius 2 is 2.05 bits per heavy atom. The van der Waals surface area contributed by atoms with E-state index in [1.54, 1.807) is 0 Å². The molecule has 1 atom stereocenters. The Balaban J connectivity index is 2.15. The molecule has 116 valence electrons. The van der Waals surface area contributed by atoms with Crippen molar-refractivity contribution in [1.29, 1.82) is 0 Å². The number of alkyl halides is 3. The van der Waals surface area contributed by atoms with Crippen LogP contribution in [-0.4, -0.2) is 22.2 Å². The Morgan fingerprint density at radius 1 is 1.38 bits per heavy atom. The van der Waals surface area contributed by atoms with E-state index in [2.05, 4.69) is 15.3 Å². The molecule has 0 radical (unpaired) electrons. The average molecular weight is 319 g/mol. The van der Waals surface area contributed by atoms with Crippen LogP contribution in [0.1, 0.15) is 29.6 Å². The van der Waals surface area contributed by atoms with Gasteiger partial charge in [-0.3, -0.25) is 4.79 Å². The molecular formula is C13H16F3N3OS. The highest BCUT2D eigenvalue weighted by molar-refractivity contribution is 7.18. The number of aromatic nitrogens is 2. The lowest BCUT2D eigenvalue weighted by atomic mass is 10.2. The standard InChI is InChI=1S/C13H16F3N3OS/c1-6(4-13(14,15)16)17-5-9-18-11(20)10-7(2)8(3)21-12(10)19-9/h6,17H,4-5H2,1-3H3,(H,18,19,20). The van der Waals surface area contributed by atoms with Gasteiger partial charge in [-0.15, -0.1) is 11.3 Å². The van der Waals surface area contributed by atoms with Gasteiger partial charge in [0.05, 0.1) is 18.4 Å². The van der Waals surface area contributed by atoms with Gasteiger partial charge in [-0.2, -0.15) is 13.2 Å². The van der Waals surface area contributed by atoms with Crippen LogP contribution in [0.5, 0.6) is 0 Å². The van der Waals surface area contributed by atoms with E-state index in [4.69, 9.17) is 0 Å². The fourth-order valence-corrected chi connectivity index (χ4v) is 3.12. The Labute approximate surface area is 123 Å². The topological polar surface area (TPSA) is 57.8 Å². The molecule has 0 aromatic carbocycles. The summed E-state index contributed by atoms with van der Waals surface area (Å²) in [5, 5.41) is 3.28. The lowest BCUT2D eigenvalue weighted by Gasteiger charge is -2.15. The molecule has 4 nitrogen and oxygen atoms in total. The number of nitrogens with one attached hydrogen (secondary N) is 2. The first-order chi connectivity index (χ1) is 9.67. The van der Waals surface area contributed by atoms with E-state index in [1.165, 1.54) is 18.3 Å². The molecule has 0 spiro atoms. The second-order valence-corrected chi connectivity index (χ2v) is 6.28. The number of aromatic amines is 1. The molecule has 0 aliphatic heterocycles. The molecule has 21 heavy (non-hydrogen) atoms. The van der Waals surface area contributed by atoms with Gasteiger partial charge in [0.2, 0.25) is 0 Å². The summed E-state index contributed by atoms with van der Waals surface area (Å²) in [7, 11) is 0. The highest BCUT2D eigenvalue weighted by atomic mass is 32.1. The molecule has 0 saturated carbocycles. The van der Waals surface area contributed by atoms with Crippen molar-refractivity contribution in [1.82, 2.24) is 15.3 Å². The number of halogens is 3. The van der Waals surface area contributed by atoms with Crippen molar-refractivity contribution in [3.8, 4) is 0 Å². The molecule has 0 aliphatic rings. The number of H-pyrrole nitrogens is 1. The molecule has 2 aromatic rings. The molecular weight excluding hydrogens is 303 g/mol. The number of hydrogen-bond donors (Lipinski definition) is 2. The van der Waals surface area contributed by atoms with Crippen LogP contribution in [-0.2, 0) is 6.54 Å². The van der Waals surface area contributed by atoms with E-state index in [9.17, 15) is 18.0 Å². The van der Waals surface area contributed by atoms with Crippen molar-refractivity contribution in [3.05, 3.63) is 26.6 Å². The summed E-state index contributed by atoms with van der Waals surface area (Å²) in [5.41, 5.74) is 0.649. The minimum Gasteiger partial charge on any atom is -0.309 e. The number of rotatable bonds is 4. The predicted molar refractivity (Wildman–Crippen MR) is 76.7 cm³/mol. The summed E-state index contributed by atoms with van der Waals surface area (Å²) < 4.78 is 36.7. The van der Waals surface area contributed by atoms with Gasteiger partial charge in [-0.25, -0.2) is 4.98 Å². The zero-order chi connectivity index (χ0) is 15.8. The van der Waals surface area contributed by atoms with Crippen molar-refractivity contribution in [2.45, 2.75) is 46.0 Å². The zero-order valence-electron chi connectivity index (χ0n) is 11.9. The molecule has 0 amide bonds. The minimum atomic E-state index is -4.21. The van der Waals surface area contributed by atoms with Gasteiger partial charge in [0.1, 0.15) is 10.7 Å². The molecule has 0 fully saturated rings. The van der Waals surface area contributed by atoms with Crippen LogP contribution in [0, 0.1) is 13.8 Å². The van der Waals surface area contributed by atoms with Gasteiger partial charge in [0, 0.05) is 10.9 Å². The second-order valence-electron chi connectivity index (χ2n) is 5.08. The summed E-state index contributed by atoms with van der Waals surface area (Å²) in [5.74, 6) is 0.350. The highest BCUT2D eigenvalue weighted by Gasteiger charge is 2.29. The monoisotopic (exact) mass is 319 g/mol. The van der Waals surface area contributed by atoms with E-state index in [-0.39, 0.29) is 12.1 Å². The largest absolute Gasteiger partial charge is 0.390 e. The van der Waals surface area contributed by atoms with Crippen molar-refractivity contribution < 1.29 is 13.2 Å².